The molecule has 0 bridgehead atoms. The smallest absolute Gasteiger partial charge is 0.248 e. The van der Waals surface area contributed by atoms with Crippen molar-refractivity contribution >= 4 is 39.7 Å². The molecule has 2 aliphatic rings. The maximum atomic E-state index is 11.8. The predicted octanol–water partition coefficient (Wildman–Crippen LogP) is 3.73. The Balaban J connectivity index is 1.73. The molecular formula is C17H17N3OS2. The van der Waals surface area contributed by atoms with E-state index in [9.17, 15) is 4.79 Å². The Labute approximate surface area is 143 Å². The summed E-state index contributed by atoms with van der Waals surface area (Å²) >= 11 is 3.49. The summed E-state index contributed by atoms with van der Waals surface area (Å²) in [5.41, 5.74) is 3.77. The SMILES string of the molecule is C=CC(=O)Nc1sc2c(c1C1Nc3ccccc3S1)CCNC2. The molecule has 1 atom stereocenters. The molecule has 4 nitrogen and oxygen atoms in total. The third-order valence-corrected chi connectivity index (χ3v) is 6.43. The quantitative estimate of drug-likeness (QED) is 0.743. The van der Waals surface area contributed by atoms with Gasteiger partial charge in [-0.3, -0.25) is 4.79 Å². The first kappa shape index (κ1) is 14.8. The number of fused-ring (bicyclic) bond motifs is 2. The highest BCUT2D eigenvalue weighted by atomic mass is 32.2. The Morgan fingerprint density at radius 2 is 2.26 bits per heavy atom. The topological polar surface area (TPSA) is 53.2 Å². The first-order chi connectivity index (χ1) is 11.3. The van der Waals surface area contributed by atoms with Crippen LogP contribution in [0, 0.1) is 0 Å². The zero-order valence-electron chi connectivity index (χ0n) is 12.5. The number of carbonyl (C=O) groups is 1. The average molecular weight is 343 g/mol. The summed E-state index contributed by atoms with van der Waals surface area (Å²) in [6.07, 6.45) is 2.32. The number of hydrogen-bond acceptors (Lipinski definition) is 5. The number of thioether (sulfide) groups is 1. The first-order valence-corrected chi connectivity index (χ1v) is 9.26. The molecule has 6 heteroatoms. The molecule has 3 N–H and O–H groups in total. The Kier molecular flexibility index (Phi) is 3.88. The molecule has 0 saturated heterocycles. The number of hydrogen-bond donors (Lipinski definition) is 3. The number of carbonyl (C=O) groups excluding carboxylic acids is 1. The molecule has 0 saturated carbocycles. The fraction of sp³-hybridized carbons (Fsp3) is 0.235. The molecule has 0 radical (unpaired) electrons. The van der Waals surface area contributed by atoms with Gasteiger partial charge in [0.25, 0.3) is 0 Å². The second kappa shape index (κ2) is 6.03. The summed E-state index contributed by atoms with van der Waals surface area (Å²) in [6.45, 7) is 5.42. The third kappa shape index (κ3) is 2.67. The molecule has 23 heavy (non-hydrogen) atoms. The predicted molar refractivity (Wildman–Crippen MR) is 97.2 cm³/mol. The van der Waals surface area contributed by atoms with Gasteiger partial charge in [0, 0.05) is 27.6 Å². The fourth-order valence-electron chi connectivity index (χ4n) is 3.01. The number of nitrogens with one attached hydrogen (secondary N) is 3. The monoisotopic (exact) mass is 343 g/mol. The van der Waals surface area contributed by atoms with Crippen molar-refractivity contribution in [2.24, 2.45) is 0 Å². The molecule has 1 unspecified atom stereocenters. The van der Waals surface area contributed by atoms with E-state index >= 15 is 0 Å². The summed E-state index contributed by atoms with van der Waals surface area (Å²) in [6, 6.07) is 8.34. The van der Waals surface area contributed by atoms with Crippen LogP contribution in [-0.4, -0.2) is 12.5 Å². The lowest BCUT2D eigenvalue weighted by Crippen LogP contribution is -2.23. The van der Waals surface area contributed by atoms with E-state index in [-0.39, 0.29) is 11.3 Å². The van der Waals surface area contributed by atoms with Crippen molar-refractivity contribution < 1.29 is 4.79 Å². The van der Waals surface area contributed by atoms with Crippen LogP contribution in [0.4, 0.5) is 10.7 Å². The van der Waals surface area contributed by atoms with Gasteiger partial charge in [-0.05, 0) is 36.7 Å². The van der Waals surface area contributed by atoms with Gasteiger partial charge in [0.2, 0.25) is 5.91 Å². The standard InChI is InChI=1S/C17H17N3OS2/c1-2-14(21)20-17-15(10-7-8-18-9-13(10)23-17)16-19-11-5-3-4-6-12(11)22-16/h2-6,16,18-19H,1,7-9H2,(H,20,21). The van der Waals surface area contributed by atoms with E-state index < -0.39 is 0 Å². The second-order valence-corrected chi connectivity index (χ2v) is 7.76. The summed E-state index contributed by atoms with van der Waals surface area (Å²) in [5.74, 6) is -0.154. The Morgan fingerprint density at radius 1 is 1.39 bits per heavy atom. The molecule has 3 heterocycles. The van der Waals surface area contributed by atoms with Crippen molar-refractivity contribution in [2.45, 2.75) is 23.2 Å². The van der Waals surface area contributed by atoms with Crippen LogP contribution in [0.2, 0.25) is 0 Å². The van der Waals surface area contributed by atoms with Gasteiger partial charge in [0.15, 0.2) is 0 Å². The van der Waals surface area contributed by atoms with E-state index in [2.05, 4.69) is 40.7 Å². The molecule has 1 aromatic carbocycles. The minimum atomic E-state index is -0.154. The van der Waals surface area contributed by atoms with E-state index in [1.54, 1.807) is 11.3 Å². The maximum absolute atomic E-state index is 11.8. The molecule has 2 aromatic rings. The van der Waals surface area contributed by atoms with Crippen LogP contribution in [-0.2, 0) is 17.8 Å². The van der Waals surface area contributed by atoms with Gasteiger partial charge in [0.1, 0.15) is 10.4 Å². The van der Waals surface area contributed by atoms with E-state index in [0.29, 0.717) is 0 Å². The number of thiophene rings is 1. The van der Waals surface area contributed by atoms with Gasteiger partial charge in [-0.15, -0.1) is 11.3 Å². The van der Waals surface area contributed by atoms with Gasteiger partial charge in [0.05, 0.1) is 0 Å². The van der Waals surface area contributed by atoms with Crippen molar-refractivity contribution in [1.29, 1.82) is 0 Å². The van der Waals surface area contributed by atoms with E-state index in [0.717, 1.165) is 30.2 Å². The van der Waals surface area contributed by atoms with Crippen molar-refractivity contribution in [3.05, 3.63) is 52.9 Å². The highest BCUT2D eigenvalue weighted by molar-refractivity contribution is 8.00. The van der Waals surface area contributed by atoms with Gasteiger partial charge >= 0.3 is 0 Å². The van der Waals surface area contributed by atoms with Gasteiger partial charge in [-0.1, -0.05) is 30.5 Å². The molecule has 0 fully saturated rings. The van der Waals surface area contributed by atoms with Gasteiger partial charge in [-0.25, -0.2) is 0 Å². The number of para-hydroxylation sites is 1. The number of benzene rings is 1. The summed E-state index contributed by atoms with van der Waals surface area (Å²) in [5, 5.41) is 11.1. The second-order valence-electron chi connectivity index (χ2n) is 5.51. The van der Waals surface area contributed by atoms with Crippen molar-refractivity contribution in [1.82, 2.24) is 5.32 Å². The average Bonchev–Trinajstić information content (AvgIpc) is 3.14. The molecule has 2 aliphatic heterocycles. The molecule has 0 aliphatic carbocycles. The highest BCUT2D eigenvalue weighted by Crippen LogP contribution is 2.51. The van der Waals surface area contributed by atoms with Crippen LogP contribution < -0.4 is 16.0 Å². The van der Waals surface area contributed by atoms with Gasteiger partial charge in [-0.2, -0.15) is 0 Å². The normalized spacial score (nSPS) is 18.7. The van der Waals surface area contributed by atoms with Crippen molar-refractivity contribution in [3.63, 3.8) is 0 Å². The van der Waals surface area contributed by atoms with Gasteiger partial charge < -0.3 is 16.0 Å². The lowest BCUT2D eigenvalue weighted by Gasteiger charge is -2.18. The van der Waals surface area contributed by atoms with Crippen LogP contribution >= 0.6 is 23.1 Å². The minimum absolute atomic E-state index is 0.144. The van der Waals surface area contributed by atoms with E-state index in [4.69, 9.17) is 0 Å². The molecule has 0 spiro atoms. The van der Waals surface area contributed by atoms with Crippen molar-refractivity contribution in [3.8, 4) is 0 Å². The molecular weight excluding hydrogens is 326 g/mol. The maximum Gasteiger partial charge on any atom is 0.248 e. The van der Waals surface area contributed by atoms with E-state index in [1.807, 2.05) is 17.8 Å². The van der Waals surface area contributed by atoms with Crippen LogP contribution in [0.15, 0.2) is 41.8 Å². The summed E-state index contributed by atoms with van der Waals surface area (Å²) in [4.78, 5) is 14.4. The Hall–Kier alpha value is -1.76. The molecule has 118 valence electrons. The largest absolute Gasteiger partial charge is 0.368 e. The first-order valence-electron chi connectivity index (χ1n) is 7.57. The van der Waals surface area contributed by atoms with Crippen LogP contribution in [0.25, 0.3) is 0 Å². The summed E-state index contributed by atoms with van der Waals surface area (Å²) in [7, 11) is 0. The van der Waals surface area contributed by atoms with Crippen molar-refractivity contribution in [2.75, 3.05) is 17.2 Å². The van der Waals surface area contributed by atoms with Crippen LogP contribution in [0.5, 0.6) is 0 Å². The zero-order chi connectivity index (χ0) is 15.8. The Bertz CT molecular complexity index is 759. The summed E-state index contributed by atoms with van der Waals surface area (Å²) < 4.78 is 0. The molecule has 4 rings (SSSR count). The lowest BCUT2D eigenvalue weighted by atomic mass is 10.0. The van der Waals surface area contributed by atoms with E-state index in [1.165, 1.54) is 27.0 Å². The van der Waals surface area contributed by atoms with Crippen LogP contribution in [0.3, 0.4) is 0 Å². The number of anilines is 2. The Morgan fingerprint density at radius 3 is 3.09 bits per heavy atom. The number of rotatable bonds is 3. The van der Waals surface area contributed by atoms with Crippen LogP contribution in [0.1, 0.15) is 21.4 Å². The molecule has 1 amide bonds. The molecule has 1 aromatic heterocycles. The minimum Gasteiger partial charge on any atom is -0.368 e. The third-order valence-electron chi connectivity index (χ3n) is 4.07. The lowest BCUT2D eigenvalue weighted by molar-refractivity contribution is -0.111. The highest BCUT2D eigenvalue weighted by Gasteiger charge is 2.31. The zero-order valence-corrected chi connectivity index (χ0v) is 14.2. The fourth-order valence-corrected chi connectivity index (χ4v) is 5.57. The number of amides is 1.